The summed E-state index contributed by atoms with van der Waals surface area (Å²) in [5.41, 5.74) is 4.27. The van der Waals surface area contributed by atoms with Crippen molar-refractivity contribution in [1.29, 1.82) is 0 Å². The van der Waals surface area contributed by atoms with Crippen LogP contribution in [0.3, 0.4) is 0 Å². The molecule has 0 aliphatic rings. The van der Waals surface area contributed by atoms with Crippen LogP contribution < -0.4 is 0 Å². The van der Waals surface area contributed by atoms with Crippen LogP contribution in [0, 0.1) is 0 Å². The maximum atomic E-state index is 4.16. The highest BCUT2D eigenvalue weighted by Crippen LogP contribution is 2.17. The van der Waals surface area contributed by atoms with Gasteiger partial charge >= 0.3 is 0 Å². The van der Waals surface area contributed by atoms with Gasteiger partial charge in [0.1, 0.15) is 0 Å². The second-order valence-corrected chi connectivity index (χ2v) is 5.07. The van der Waals surface area contributed by atoms with E-state index in [2.05, 4.69) is 32.3 Å². The van der Waals surface area contributed by atoms with Gasteiger partial charge in [0.15, 0.2) is 0 Å². The lowest BCUT2D eigenvalue weighted by atomic mass is 10.2. The van der Waals surface area contributed by atoms with Crippen molar-refractivity contribution in [2.75, 3.05) is 0 Å². The van der Waals surface area contributed by atoms with E-state index < -0.39 is 0 Å². The van der Waals surface area contributed by atoms with Gasteiger partial charge < -0.3 is 9.97 Å². The summed E-state index contributed by atoms with van der Waals surface area (Å²) in [6.45, 7) is 0. The van der Waals surface area contributed by atoms with Crippen molar-refractivity contribution < 1.29 is 0 Å². The van der Waals surface area contributed by atoms with Crippen LogP contribution in [0.15, 0.2) is 71.1 Å². The Morgan fingerprint density at radius 2 is 1.09 bits per heavy atom. The quantitative estimate of drug-likeness (QED) is 0.421. The number of H-pyrrole nitrogens is 2. The number of hydrogen-bond donors (Lipinski definition) is 2. The number of hydrogen-bond acceptors (Lipinski definition) is 2. The second-order valence-electron chi connectivity index (χ2n) is 5.07. The minimum absolute atomic E-state index is 1.03. The number of fused-ring (bicyclic) bond motifs is 2. The summed E-state index contributed by atoms with van der Waals surface area (Å²) in [6, 6.07) is 16.3. The van der Waals surface area contributed by atoms with Crippen molar-refractivity contribution in [2.24, 2.45) is 10.2 Å². The van der Waals surface area contributed by atoms with Crippen molar-refractivity contribution >= 4 is 34.2 Å². The van der Waals surface area contributed by atoms with Crippen LogP contribution in [-0.2, 0) is 0 Å². The number of para-hydroxylation sites is 2. The lowest BCUT2D eigenvalue weighted by molar-refractivity contribution is 1.27. The molecular weight excluding hydrogens is 272 g/mol. The van der Waals surface area contributed by atoms with Crippen LogP contribution in [0.4, 0.5) is 0 Å². The third-order valence-electron chi connectivity index (χ3n) is 3.70. The molecule has 0 unspecified atom stereocenters. The first-order valence-corrected chi connectivity index (χ1v) is 7.10. The third-order valence-corrected chi connectivity index (χ3v) is 3.70. The largest absolute Gasteiger partial charge is 0.361 e. The molecule has 106 valence electrons. The Morgan fingerprint density at radius 1 is 0.636 bits per heavy atom. The summed E-state index contributed by atoms with van der Waals surface area (Å²) >= 11 is 0. The number of aromatic amines is 2. The molecule has 0 saturated carbocycles. The van der Waals surface area contributed by atoms with Gasteiger partial charge in [-0.2, -0.15) is 10.2 Å². The van der Waals surface area contributed by atoms with Gasteiger partial charge in [0.25, 0.3) is 0 Å². The predicted octanol–water partition coefficient (Wildman–Crippen LogP) is 4.10. The molecule has 4 heteroatoms. The SMILES string of the molecule is C(=N\N=C\c1c[nH]c2ccccc12)/c1c[nH]c2ccccc12. The molecule has 2 aromatic carbocycles. The zero-order valence-electron chi connectivity index (χ0n) is 11.8. The Bertz CT molecular complexity index is 906. The van der Waals surface area contributed by atoms with Gasteiger partial charge in [-0.15, -0.1) is 0 Å². The van der Waals surface area contributed by atoms with Gasteiger partial charge in [-0.05, 0) is 12.1 Å². The molecule has 0 amide bonds. The van der Waals surface area contributed by atoms with E-state index in [1.807, 2.05) is 48.8 Å². The van der Waals surface area contributed by atoms with Crippen LogP contribution in [0.2, 0.25) is 0 Å². The molecule has 22 heavy (non-hydrogen) atoms. The average Bonchev–Trinajstić information content (AvgIpc) is 3.16. The Balaban J connectivity index is 1.59. The van der Waals surface area contributed by atoms with Gasteiger partial charge in [0, 0.05) is 45.3 Å². The lowest BCUT2D eigenvalue weighted by Crippen LogP contribution is -1.78. The van der Waals surface area contributed by atoms with Gasteiger partial charge in [0.05, 0.1) is 12.4 Å². The fourth-order valence-electron chi connectivity index (χ4n) is 2.59. The van der Waals surface area contributed by atoms with E-state index in [0.717, 1.165) is 32.9 Å². The summed E-state index contributed by atoms with van der Waals surface area (Å²) in [6.07, 6.45) is 7.42. The Kier molecular flexibility index (Phi) is 3.05. The first-order valence-electron chi connectivity index (χ1n) is 7.10. The molecule has 0 fully saturated rings. The normalized spacial score (nSPS) is 12.2. The van der Waals surface area contributed by atoms with Crippen molar-refractivity contribution in [2.45, 2.75) is 0 Å². The van der Waals surface area contributed by atoms with E-state index in [9.17, 15) is 0 Å². The van der Waals surface area contributed by atoms with Crippen molar-refractivity contribution in [3.8, 4) is 0 Å². The molecule has 2 aromatic heterocycles. The number of benzene rings is 2. The van der Waals surface area contributed by atoms with E-state index in [1.54, 1.807) is 12.4 Å². The van der Waals surface area contributed by atoms with Crippen LogP contribution in [0.25, 0.3) is 21.8 Å². The molecular formula is C18H14N4. The number of aromatic nitrogens is 2. The highest BCUT2D eigenvalue weighted by Gasteiger charge is 2.00. The van der Waals surface area contributed by atoms with Crippen molar-refractivity contribution in [3.05, 3.63) is 72.1 Å². The maximum absolute atomic E-state index is 4.16. The van der Waals surface area contributed by atoms with E-state index in [-0.39, 0.29) is 0 Å². The van der Waals surface area contributed by atoms with Gasteiger partial charge in [-0.3, -0.25) is 0 Å². The predicted molar refractivity (Wildman–Crippen MR) is 91.8 cm³/mol. The monoisotopic (exact) mass is 286 g/mol. The lowest BCUT2D eigenvalue weighted by Gasteiger charge is -1.90. The van der Waals surface area contributed by atoms with E-state index in [1.165, 1.54) is 0 Å². The zero-order chi connectivity index (χ0) is 14.8. The van der Waals surface area contributed by atoms with Gasteiger partial charge in [-0.1, -0.05) is 36.4 Å². The molecule has 0 atom stereocenters. The molecule has 0 spiro atoms. The van der Waals surface area contributed by atoms with Crippen molar-refractivity contribution in [1.82, 2.24) is 9.97 Å². The average molecular weight is 286 g/mol. The topological polar surface area (TPSA) is 56.3 Å². The number of nitrogens with one attached hydrogen (secondary N) is 2. The molecule has 4 rings (SSSR count). The smallest absolute Gasteiger partial charge is 0.0589 e. The molecule has 0 radical (unpaired) electrons. The summed E-state index contributed by atoms with van der Waals surface area (Å²) in [7, 11) is 0. The van der Waals surface area contributed by atoms with E-state index >= 15 is 0 Å². The standard InChI is InChI=1S/C18H14N4/c1-3-7-17-15(5-1)13(9-19-17)11-21-22-12-14-10-20-18-8-4-2-6-16(14)18/h1-12,19-20H/b21-11+,22-12+. The second kappa shape index (κ2) is 5.33. The Hall–Kier alpha value is -3.14. The highest BCUT2D eigenvalue weighted by atomic mass is 15.2. The van der Waals surface area contributed by atoms with Gasteiger partial charge in [0.2, 0.25) is 0 Å². The molecule has 4 nitrogen and oxygen atoms in total. The minimum Gasteiger partial charge on any atom is -0.361 e. The molecule has 0 bridgehead atoms. The molecule has 2 heterocycles. The molecule has 2 N–H and O–H groups in total. The molecule has 0 saturated heterocycles. The first-order chi connectivity index (χ1) is 10.9. The van der Waals surface area contributed by atoms with Crippen molar-refractivity contribution in [3.63, 3.8) is 0 Å². The van der Waals surface area contributed by atoms with E-state index in [4.69, 9.17) is 0 Å². The van der Waals surface area contributed by atoms with Crippen LogP contribution in [-0.4, -0.2) is 22.4 Å². The molecule has 4 aromatic rings. The summed E-state index contributed by atoms with van der Waals surface area (Å²) in [5, 5.41) is 10.6. The number of rotatable bonds is 3. The van der Waals surface area contributed by atoms with Crippen LogP contribution in [0.5, 0.6) is 0 Å². The fourth-order valence-corrected chi connectivity index (χ4v) is 2.59. The summed E-state index contributed by atoms with van der Waals surface area (Å²) < 4.78 is 0. The first kappa shape index (κ1) is 12.6. The Morgan fingerprint density at radius 3 is 1.59 bits per heavy atom. The minimum atomic E-state index is 1.03. The zero-order valence-corrected chi connectivity index (χ0v) is 11.8. The fraction of sp³-hybridized carbons (Fsp3) is 0. The molecule has 0 aliphatic heterocycles. The third kappa shape index (κ3) is 2.20. The van der Waals surface area contributed by atoms with E-state index in [0.29, 0.717) is 0 Å². The maximum Gasteiger partial charge on any atom is 0.0589 e. The van der Waals surface area contributed by atoms with Gasteiger partial charge in [-0.25, -0.2) is 0 Å². The summed E-state index contributed by atoms with van der Waals surface area (Å²) in [5.74, 6) is 0. The number of nitrogens with zero attached hydrogens (tertiary/aromatic N) is 2. The van der Waals surface area contributed by atoms with Crippen LogP contribution >= 0.6 is 0 Å². The Labute approximate surface area is 127 Å². The summed E-state index contributed by atoms with van der Waals surface area (Å²) in [4.78, 5) is 6.44. The molecule has 0 aliphatic carbocycles. The van der Waals surface area contributed by atoms with Crippen LogP contribution in [0.1, 0.15) is 11.1 Å². The highest BCUT2D eigenvalue weighted by molar-refractivity contribution is 6.00.